The maximum atomic E-state index is 12.6. The molecule has 2 saturated carbocycles. The first-order valence-electron chi connectivity index (χ1n) is 9.64. The third-order valence-electron chi connectivity index (χ3n) is 5.80. The Morgan fingerprint density at radius 2 is 1.77 bits per heavy atom. The Morgan fingerprint density at radius 3 is 2.50 bits per heavy atom. The van der Waals surface area contributed by atoms with Gasteiger partial charge in [-0.3, -0.25) is 4.79 Å². The van der Waals surface area contributed by atoms with Gasteiger partial charge in [0.05, 0.1) is 4.90 Å². The van der Waals surface area contributed by atoms with Crippen molar-refractivity contribution in [2.75, 3.05) is 6.54 Å². The first-order valence-corrected chi connectivity index (χ1v) is 11.1. The molecule has 2 unspecified atom stereocenters. The number of carbonyl (C=O) groups excluding carboxylic acids is 1. The number of nitrogens with zero attached hydrogens (tertiary/aromatic N) is 1. The van der Waals surface area contributed by atoms with Gasteiger partial charge in [-0.1, -0.05) is 25.0 Å². The van der Waals surface area contributed by atoms with Crippen LogP contribution in [0.5, 0.6) is 0 Å². The van der Waals surface area contributed by atoms with Gasteiger partial charge < -0.3 is 4.90 Å². The van der Waals surface area contributed by atoms with Crippen LogP contribution in [0.15, 0.2) is 35.2 Å². The van der Waals surface area contributed by atoms with E-state index in [0.29, 0.717) is 12.0 Å². The lowest BCUT2D eigenvalue weighted by atomic mass is 9.85. The zero-order chi connectivity index (χ0) is 18.1. The van der Waals surface area contributed by atoms with Crippen LogP contribution in [0.4, 0.5) is 0 Å². The van der Waals surface area contributed by atoms with Gasteiger partial charge in [-0.15, -0.1) is 0 Å². The Morgan fingerprint density at radius 1 is 1.04 bits per heavy atom. The quantitative estimate of drug-likeness (QED) is 0.806. The molecule has 0 aromatic heterocycles. The minimum atomic E-state index is -3.42. The Balaban J connectivity index is 1.39. The average molecular weight is 375 g/mol. The highest BCUT2D eigenvalue weighted by Gasteiger charge is 2.37. The molecule has 1 amide bonds. The molecule has 6 heteroatoms. The van der Waals surface area contributed by atoms with Crippen molar-refractivity contribution >= 4 is 22.0 Å². The second kappa shape index (κ2) is 7.16. The van der Waals surface area contributed by atoms with Crippen molar-refractivity contribution < 1.29 is 13.2 Å². The first kappa shape index (κ1) is 17.7. The fourth-order valence-corrected chi connectivity index (χ4v) is 5.49. The second-order valence-electron chi connectivity index (χ2n) is 7.73. The van der Waals surface area contributed by atoms with Crippen molar-refractivity contribution in [1.29, 1.82) is 0 Å². The van der Waals surface area contributed by atoms with E-state index in [9.17, 15) is 13.2 Å². The number of nitrogens with one attached hydrogen (secondary N) is 1. The molecule has 2 aliphatic carbocycles. The Kier molecular flexibility index (Phi) is 4.88. The summed E-state index contributed by atoms with van der Waals surface area (Å²) in [5.74, 6) is 0.760. The molecule has 0 spiro atoms. The van der Waals surface area contributed by atoms with E-state index in [0.717, 1.165) is 37.8 Å². The predicted octanol–water partition coefficient (Wildman–Crippen LogP) is 2.93. The van der Waals surface area contributed by atoms with Crippen LogP contribution >= 0.6 is 0 Å². The maximum absolute atomic E-state index is 12.6. The zero-order valence-electron chi connectivity index (χ0n) is 14.9. The molecular weight excluding hydrogens is 348 g/mol. The number of rotatable bonds is 5. The van der Waals surface area contributed by atoms with Crippen molar-refractivity contribution in [2.24, 2.45) is 5.92 Å². The van der Waals surface area contributed by atoms with Crippen molar-refractivity contribution in [3.8, 4) is 0 Å². The molecule has 1 aromatic carbocycles. The molecule has 26 heavy (non-hydrogen) atoms. The van der Waals surface area contributed by atoms with Gasteiger partial charge in [-0.25, -0.2) is 13.1 Å². The van der Waals surface area contributed by atoms with E-state index in [1.165, 1.54) is 19.3 Å². The van der Waals surface area contributed by atoms with E-state index in [1.54, 1.807) is 36.4 Å². The molecular formula is C20H26N2O3S. The van der Waals surface area contributed by atoms with Crippen LogP contribution < -0.4 is 4.72 Å². The topological polar surface area (TPSA) is 66.5 Å². The van der Waals surface area contributed by atoms with Gasteiger partial charge in [0.15, 0.2) is 0 Å². The first-order chi connectivity index (χ1) is 12.5. The van der Waals surface area contributed by atoms with Crippen LogP contribution in [0.3, 0.4) is 0 Å². The number of hydrogen-bond acceptors (Lipinski definition) is 3. The van der Waals surface area contributed by atoms with E-state index in [2.05, 4.69) is 4.72 Å². The van der Waals surface area contributed by atoms with Crippen LogP contribution in [-0.2, 0) is 14.8 Å². The number of carbonyl (C=O) groups is 1. The summed E-state index contributed by atoms with van der Waals surface area (Å²) < 4.78 is 27.0. The highest BCUT2D eigenvalue weighted by Crippen LogP contribution is 2.36. The van der Waals surface area contributed by atoms with Gasteiger partial charge in [0.1, 0.15) is 0 Å². The molecule has 1 saturated heterocycles. The molecule has 1 aromatic rings. The summed E-state index contributed by atoms with van der Waals surface area (Å²) in [6.07, 6.45) is 11.3. The lowest BCUT2D eigenvalue weighted by molar-refractivity contribution is -0.127. The van der Waals surface area contributed by atoms with Crippen LogP contribution in [0, 0.1) is 5.92 Å². The summed E-state index contributed by atoms with van der Waals surface area (Å²) in [5.41, 5.74) is 0.836. The maximum Gasteiger partial charge on any atom is 0.246 e. The molecule has 0 bridgehead atoms. The van der Waals surface area contributed by atoms with Gasteiger partial charge in [-0.05, 0) is 61.8 Å². The van der Waals surface area contributed by atoms with Crippen LogP contribution in [-0.4, -0.2) is 37.9 Å². The lowest BCUT2D eigenvalue weighted by Gasteiger charge is -2.31. The third-order valence-corrected chi connectivity index (χ3v) is 7.34. The highest BCUT2D eigenvalue weighted by atomic mass is 32.2. The highest BCUT2D eigenvalue weighted by molar-refractivity contribution is 7.89. The Labute approximate surface area is 155 Å². The van der Waals surface area contributed by atoms with Crippen LogP contribution in [0.1, 0.15) is 50.5 Å². The normalized spacial score (nSPS) is 26.2. The summed E-state index contributed by atoms with van der Waals surface area (Å²) in [7, 11) is -3.42. The molecule has 2 atom stereocenters. The molecule has 1 aliphatic heterocycles. The molecule has 4 rings (SSSR count). The third kappa shape index (κ3) is 3.86. The van der Waals surface area contributed by atoms with Gasteiger partial charge in [-0.2, -0.15) is 0 Å². The number of benzene rings is 1. The number of amides is 1. The van der Waals surface area contributed by atoms with E-state index in [-0.39, 0.29) is 16.8 Å². The predicted molar refractivity (Wildman–Crippen MR) is 101 cm³/mol. The van der Waals surface area contributed by atoms with Gasteiger partial charge in [0.2, 0.25) is 15.9 Å². The van der Waals surface area contributed by atoms with Crippen molar-refractivity contribution in [2.45, 2.75) is 61.9 Å². The van der Waals surface area contributed by atoms with Gasteiger partial charge in [0.25, 0.3) is 0 Å². The standard InChI is InChI=1S/C20H26N2O3S/c23-20(22-14-13-16-3-1-2-4-19(16)22)12-7-15-5-10-18(11-6-15)26(24,25)21-17-8-9-17/h5-7,10-12,16-17,19,21H,1-4,8-9,13-14H2. The van der Waals surface area contributed by atoms with Gasteiger partial charge in [0, 0.05) is 24.7 Å². The Hall–Kier alpha value is -1.66. The number of hydrogen-bond donors (Lipinski definition) is 1. The summed E-state index contributed by atoms with van der Waals surface area (Å²) in [6, 6.07) is 7.21. The molecule has 3 fully saturated rings. The molecule has 3 aliphatic rings. The molecule has 140 valence electrons. The number of fused-ring (bicyclic) bond motifs is 1. The van der Waals surface area contributed by atoms with E-state index in [4.69, 9.17) is 0 Å². The summed E-state index contributed by atoms with van der Waals surface area (Å²) in [4.78, 5) is 14.9. The minimum absolute atomic E-state index is 0.0755. The van der Waals surface area contributed by atoms with E-state index < -0.39 is 10.0 Å². The SMILES string of the molecule is O=C(C=Cc1ccc(S(=O)(=O)NC2CC2)cc1)N1CCC2CCCCC21. The minimum Gasteiger partial charge on any atom is -0.336 e. The van der Waals surface area contributed by atoms with Crippen molar-refractivity contribution in [3.05, 3.63) is 35.9 Å². The second-order valence-corrected chi connectivity index (χ2v) is 9.44. The van der Waals surface area contributed by atoms with E-state index >= 15 is 0 Å². The molecule has 1 N–H and O–H groups in total. The van der Waals surface area contributed by atoms with Crippen molar-refractivity contribution in [1.82, 2.24) is 9.62 Å². The fourth-order valence-electron chi connectivity index (χ4n) is 4.19. The summed E-state index contributed by atoms with van der Waals surface area (Å²) in [5, 5.41) is 0. The Bertz CT molecular complexity index is 797. The van der Waals surface area contributed by atoms with Crippen LogP contribution in [0.25, 0.3) is 6.08 Å². The number of likely N-dealkylation sites (tertiary alicyclic amines) is 1. The van der Waals surface area contributed by atoms with Crippen LogP contribution in [0.2, 0.25) is 0 Å². The molecule has 0 radical (unpaired) electrons. The molecule has 1 heterocycles. The smallest absolute Gasteiger partial charge is 0.246 e. The zero-order valence-corrected chi connectivity index (χ0v) is 15.7. The van der Waals surface area contributed by atoms with Gasteiger partial charge >= 0.3 is 0 Å². The number of sulfonamides is 1. The summed E-state index contributed by atoms with van der Waals surface area (Å²) >= 11 is 0. The largest absolute Gasteiger partial charge is 0.336 e. The van der Waals surface area contributed by atoms with Crippen molar-refractivity contribution in [3.63, 3.8) is 0 Å². The average Bonchev–Trinajstić information content (AvgIpc) is 3.34. The molecule has 5 nitrogen and oxygen atoms in total. The fraction of sp³-hybridized carbons (Fsp3) is 0.550. The van der Waals surface area contributed by atoms with E-state index in [1.807, 2.05) is 4.90 Å². The monoisotopic (exact) mass is 374 g/mol. The summed E-state index contributed by atoms with van der Waals surface area (Å²) in [6.45, 7) is 0.864. The lowest BCUT2D eigenvalue weighted by Crippen LogP contribution is -2.38.